The first-order chi connectivity index (χ1) is 8.63. The standard InChI is InChI=1S/C11H11F3N4/c12-8-4-2-1-3-7(8)6-18-10(11(13)14)9(5-15)16-17-18/h1-4,11H,5-6,15H2. The Hall–Kier alpha value is -1.89. The van der Waals surface area contributed by atoms with Crippen LogP contribution in [0.2, 0.25) is 0 Å². The van der Waals surface area contributed by atoms with Gasteiger partial charge in [-0.1, -0.05) is 23.4 Å². The van der Waals surface area contributed by atoms with Crippen LogP contribution in [0.1, 0.15) is 23.4 Å². The van der Waals surface area contributed by atoms with Crippen molar-refractivity contribution in [3.8, 4) is 0 Å². The summed E-state index contributed by atoms with van der Waals surface area (Å²) in [6.45, 7) is -0.226. The van der Waals surface area contributed by atoms with Crippen LogP contribution in [-0.2, 0) is 13.1 Å². The van der Waals surface area contributed by atoms with Crippen molar-refractivity contribution in [1.82, 2.24) is 15.0 Å². The van der Waals surface area contributed by atoms with E-state index in [-0.39, 0.29) is 30.0 Å². The molecule has 7 heteroatoms. The highest BCUT2D eigenvalue weighted by atomic mass is 19.3. The van der Waals surface area contributed by atoms with Crippen LogP contribution in [0, 0.1) is 5.82 Å². The minimum atomic E-state index is -2.75. The molecule has 96 valence electrons. The highest BCUT2D eigenvalue weighted by Gasteiger charge is 2.21. The summed E-state index contributed by atoms with van der Waals surface area (Å²) in [4.78, 5) is 0. The summed E-state index contributed by atoms with van der Waals surface area (Å²) in [7, 11) is 0. The average Bonchev–Trinajstić information content (AvgIpc) is 2.75. The van der Waals surface area contributed by atoms with Crippen LogP contribution in [0.25, 0.3) is 0 Å². The summed E-state index contributed by atoms with van der Waals surface area (Å²) in [5.41, 5.74) is 5.24. The van der Waals surface area contributed by atoms with Gasteiger partial charge in [-0.25, -0.2) is 17.9 Å². The number of nitrogens with two attached hydrogens (primary N) is 1. The zero-order valence-electron chi connectivity index (χ0n) is 9.35. The fraction of sp³-hybridized carbons (Fsp3) is 0.273. The van der Waals surface area contributed by atoms with E-state index in [2.05, 4.69) is 10.3 Å². The number of nitrogens with zero attached hydrogens (tertiary/aromatic N) is 3. The predicted molar refractivity (Wildman–Crippen MR) is 58.4 cm³/mol. The molecule has 4 nitrogen and oxygen atoms in total. The monoisotopic (exact) mass is 256 g/mol. The van der Waals surface area contributed by atoms with Gasteiger partial charge in [0.25, 0.3) is 6.43 Å². The Morgan fingerprint density at radius 2 is 2.00 bits per heavy atom. The van der Waals surface area contributed by atoms with Gasteiger partial charge in [-0.3, -0.25) is 0 Å². The molecule has 0 radical (unpaired) electrons. The Morgan fingerprint density at radius 3 is 2.61 bits per heavy atom. The SMILES string of the molecule is NCc1nnn(Cc2ccccc2F)c1C(F)F. The number of aromatic nitrogens is 3. The van der Waals surface area contributed by atoms with Gasteiger partial charge in [0.15, 0.2) is 0 Å². The number of hydrogen-bond acceptors (Lipinski definition) is 3. The van der Waals surface area contributed by atoms with Crippen molar-refractivity contribution in [3.05, 3.63) is 47.0 Å². The van der Waals surface area contributed by atoms with Crippen LogP contribution in [0.4, 0.5) is 13.2 Å². The molecule has 0 aliphatic rings. The Morgan fingerprint density at radius 1 is 1.28 bits per heavy atom. The van der Waals surface area contributed by atoms with Crippen molar-refractivity contribution in [2.24, 2.45) is 5.73 Å². The first kappa shape index (κ1) is 12.6. The molecule has 0 aliphatic heterocycles. The molecule has 0 bridgehead atoms. The first-order valence-electron chi connectivity index (χ1n) is 5.27. The maximum absolute atomic E-state index is 13.4. The maximum Gasteiger partial charge on any atom is 0.281 e. The lowest BCUT2D eigenvalue weighted by molar-refractivity contribution is 0.138. The third-order valence-electron chi connectivity index (χ3n) is 2.53. The molecule has 0 unspecified atom stereocenters. The topological polar surface area (TPSA) is 56.7 Å². The van der Waals surface area contributed by atoms with Gasteiger partial charge in [0, 0.05) is 12.1 Å². The summed E-state index contributed by atoms with van der Waals surface area (Å²) < 4.78 is 40.1. The highest BCUT2D eigenvalue weighted by molar-refractivity contribution is 5.19. The van der Waals surface area contributed by atoms with E-state index >= 15 is 0 Å². The van der Waals surface area contributed by atoms with Gasteiger partial charge in [0.05, 0.1) is 6.54 Å². The summed E-state index contributed by atoms with van der Waals surface area (Å²) in [6.07, 6.45) is -2.75. The fourth-order valence-corrected chi connectivity index (χ4v) is 1.65. The van der Waals surface area contributed by atoms with Gasteiger partial charge in [-0.05, 0) is 6.07 Å². The van der Waals surface area contributed by atoms with E-state index in [1.807, 2.05) is 0 Å². The predicted octanol–water partition coefficient (Wildman–Crippen LogP) is 1.86. The molecular formula is C11H11F3N4. The second-order valence-electron chi connectivity index (χ2n) is 3.68. The van der Waals surface area contributed by atoms with Crippen molar-refractivity contribution < 1.29 is 13.2 Å². The van der Waals surface area contributed by atoms with Crippen LogP contribution in [0.15, 0.2) is 24.3 Å². The third-order valence-corrected chi connectivity index (χ3v) is 2.53. The van der Waals surface area contributed by atoms with E-state index in [1.165, 1.54) is 18.2 Å². The lowest BCUT2D eigenvalue weighted by Gasteiger charge is -2.07. The van der Waals surface area contributed by atoms with Crippen LogP contribution in [-0.4, -0.2) is 15.0 Å². The second kappa shape index (κ2) is 5.18. The van der Waals surface area contributed by atoms with Crippen molar-refractivity contribution in [2.75, 3.05) is 0 Å². The van der Waals surface area contributed by atoms with Crippen LogP contribution in [0.3, 0.4) is 0 Å². The minimum absolute atomic E-state index is 0.0290. The molecule has 0 aliphatic carbocycles. The van der Waals surface area contributed by atoms with E-state index in [0.29, 0.717) is 0 Å². The molecule has 18 heavy (non-hydrogen) atoms. The van der Waals surface area contributed by atoms with Crippen LogP contribution in [0.5, 0.6) is 0 Å². The Bertz CT molecular complexity index is 539. The zero-order chi connectivity index (χ0) is 13.1. The number of benzene rings is 1. The molecule has 0 atom stereocenters. The Kier molecular flexibility index (Phi) is 3.61. The lowest BCUT2D eigenvalue weighted by Crippen LogP contribution is -2.10. The van der Waals surface area contributed by atoms with Crippen molar-refractivity contribution in [2.45, 2.75) is 19.5 Å². The Balaban J connectivity index is 2.35. The molecule has 2 aromatic rings. The molecule has 2 N–H and O–H groups in total. The van der Waals surface area contributed by atoms with Gasteiger partial charge in [-0.15, -0.1) is 5.10 Å². The largest absolute Gasteiger partial charge is 0.325 e. The van der Waals surface area contributed by atoms with Crippen molar-refractivity contribution in [3.63, 3.8) is 0 Å². The average molecular weight is 256 g/mol. The Labute approximate surface area is 101 Å². The molecule has 1 aromatic heterocycles. The number of halogens is 3. The molecule has 1 aromatic carbocycles. The third kappa shape index (κ3) is 2.35. The van der Waals surface area contributed by atoms with E-state index < -0.39 is 12.2 Å². The highest BCUT2D eigenvalue weighted by Crippen LogP contribution is 2.22. The molecule has 1 heterocycles. The van der Waals surface area contributed by atoms with Crippen LogP contribution >= 0.6 is 0 Å². The molecule has 0 saturated heterocycles. The van der Waals surface area contributed by atoms with E-state index in [1.54, 1.807) is 6.07 Å². The minimum Gasteiger partial charge on any atom is -0.325 e. The molecule has 0 spiro atoms. The lowest BCUT2D eigenvalue weighted by atomic mass is 10.2. The van der Waals surface area contributed by atoms with E-state index in [9.17, 15) is 13.2 Å². The van der Waals surface area contributed by atoms with Gasteiger partial charge in [-0.2, -0.15) is 0 Å². The molecule has 0 amide bonds. The summed E-state index contributed by atoms with van der Waals surface area (Å²) in [6, 6.07) is 5.92. The van der Waals surface area contributed by atoms with Gasteiger partial charge in [0.1, 0.15) is 17.2 Å². The number of alkyl halides is 2. The van der Waals surface area contributed by atoms with Gasteiger partial charge >= 0.3 is 0 Å². The van der Waals surface area contributed by atoms with Crippen LogP contribution < -0.4 is 5.73 Å². The molecule has 0 saturated carbocycles. The molecule has 2 rings (SSSR count). The van der Waals surface area contributed by atoms with Crippen molar-refractivity contribution in [1.29, 1.82) is 0 Å². The maximum atomic E-state index is 13.4. The zero-order valence-corrected chi connectivity index (χ0v) is 9.35. The molecule has 0 fully saturated rings. The first-order valence-corrected chi connectivity index (χ1v) is 5.27. The van der Waals surface area contributed by atoms with Crippen molar-refractivity contribution >= 4 is 0 Å². The van der Waals surface area contributed by atoms with Gasteiger partial charge in [0.2, 0.25) is 0 Å². The summed E-state index contributed by atoms with van der Waals surface area (Å²) >= 11 is 0. The normalized spacial score (nSPS) is 11.2. The smallest absolute Gasteiger partial charge is 0.281 e. The summed E-state index contributed by atoms with van der Waals surface area (Å²) in [5.74, 6) is -0.470. The number of rotatable bonds is 4. The second-order valence-corrected chi connectivity index (χ2v) is 3.68. The molecular weight excluding hydrogens is 245 g/mol. The van der Waals surface area contributed by atoms with E-state index in [0.717, 1.165) is 4.68 Å². The number of hydrogen-bond donors (Lipinski definition) is 1. The fourth-order valence-electron chi connectivity index (χ4n) is 1.65. The van der Waals surface area contributed by atoms with Gasteiger partial charge < -0.3 is 5.73 Å². The quantitative estimate of drug-likeness (QED) is 0.908. The van der Waals surface area contributed by atoms with E-state index in [4.69, 9.17) is 5.73 Å². The summed E-state index contributed by atoms with van der Waals surface area (Å²) in [5, 5.41) is 7.15.